The standard InChI is InChI=1S/C14H14O2/c1-13(15)16-12-8-3-2-5-9-14-10-6-4-7-11-14/h4-7,9-11H,2,12H2,1H3/b9-5+. The Kier molecular flexibility index (Phi) is 5.51. The lowest BCUT2D eigenvalue weighted by molar-refractivity contribution is -0.139. The van der Waals surface area contributed by atoms with Crippen molar-refractivity contribution in [1.29, 1.82) is 0 Å². The molecule has 0 radical (unpaired) electrons. The Morgan fingerprint density at radius 3 is 2.75 bits per heavy atom. The van der Waals surface area contributed by atoms with Gasteiger partial charge in [-0.15, -0.1) is 0 Å². The molecule has 0 aliphatic rings. The highest BCUT2D eigenvalue weighted by atomic mass is 16.5. The molecule has 0 atom stereocenters. The fourth-order valence-electron chi connectivity index (χ4n) is 1.08. The zero-order valence-electron chi connectivity index (χ0n) is 9.27. The maximum Gasteiger partial charge on any atom is 0.303 e. The van der Waals surface area contributed by atoms with Gasteiger partial charge in [-0.05, 0) is 5.56 Å². The molecule has 0 amide bonds. The average molecular weight is 214 g/mol. The third-order valence-corrected chi connectivity index (χ3v) is 1.80. The summed E-state index contributed by atoms with van der Waals surface area (Å²) in [7, 11) is 0. The van der Waals surface area contributed by atoms with Crippen LogP contribution in [0, 0.1) is 11.8 Å². The molecule has 0 saturated heterocycles. The van der Waals surface area contributed by atoms with Gasteiger partial charge in [0.1, 0.15) is 0 Å². The Hall–Kier alpha value is -2.01. The first-order valence-electron chi connectivity index (χ1n) is 5.09. The van der Waals surface area contributed by atoms with E-state index < -0.39 is 0 Å². The number of esters is 1. The summed E-state index contributed by atoms with van der Waals surface area (Å²) in [6.45, 7) is 1.55. The van der Waals surface area contributed by atoms with Crippen LogP contribution in [0.5, 0.6) is 0 Å². The van der Waals surface area contributed by atoms with E-state index in [0.29, 0.717) is 6.42 Å². The molecule has 1 aromatic rings. The van der Waals surface area contributed by atoms with Crippen LogP contribution >= 0.6 is 0 Å². The van der Waals surface area contributed by atoms with Crippen molar-refractivity contribution >= 4 is 12.0 Å². The Morgan fingerprint density at radius 1 is 1.31 bits per heavy atom. The van der Waals surface area contributed by atoms with Crippen LogP contribution in [0.25, 0.3) is 6.08 Å². The highest BCUT2D eigenvalue weighted by Gasteiger charge is 1.85. The summed E-state index contributed by atoms with van der Waals surface area (Å²) in [5.41, 5.74) is 1.16. The molecule has 0 aromatic heterocycles. The molecule has 1 aromatic carbocycles. The Labute approximate surface area is 95.9 Å². The summed E-state index contributed by atoms with van der Waals surface area (Å²) < 4.78 is 4.67. The molecule has 0 bridgehead atoms. The first kappa shape index (κ1) is 12.1. The number of benzene rings is 1. The first-order valence-corrected chi connectivity index (χ1v) is 5.09. The number of allylic oxidation sites excluding steroid dienone is 1. The zero-order chi connectivity index (χ0) is 11.6. The summed E-state index contributed by atoms with van der Waals surface area (Å²) in [5, 5.41) is 0. The van der Waals surface area contributed by atoms with Gasteiger partial charge in [-0.1, -0.05) is 54.3 Å². The van der Waals surface area contributed by atoms with Crippen LogP contribution in [-0.2, 0) is 9.53 Å². The summed E-state index contributed by atoms with van der Waals surface area (Å²) in [6, 6.07) is 10.0. The maximum absolute atomic E-state index is 10.4. The molecule has 82 valence electrons. The van der Waals surface area contributed by atoms with E-state index in [-0.39, 0.29) is 12.6 Å². The van der Waals surface area contributed by atoms with E-state index in [1.54, 1.807) is 0 Å². The van der Waals surface area contributed by atoms with Gasteiger partial charge in [0, 0.05) is 13.3 Å². The SMILES string of the molecule is CC(=O)OCC#CC/C=C/c1ccccc1. The van der Waals surface area contributed by atoms with Crippen LogP contribution in [0.1, 0.15) is 18.9 Å². The minimum absolute atomic E-state index is 0.175. The van der Waals surface area contributed by atoms with Gasteiger partial charge < -0.3 is 4.74 Å². The lowest BCUT2D eigenvalue weighted by Gasteiger charge is -1.91. The van der Waals surface area contributed by atoms with Crippen molar-refractivity contribution in [1.82, 2.24) is 0 Å². The number of ether oxygens (including phenoxy) is 1. The number of rotatable bonds is 3. The second-order valence-corrected chi connectivity index (χ2v) is 3.15. The van der Waals surface area contributed by atoms with Crippen molar-refractivity contribution in [3.63, 3.8) is 0 Å². The molecule has 0 spiro atoms. The molecule has 0 aliphatic carbocycles. The van der Waals surface area contributed by atoms with Gasteiger partial charge in [-0.2, -0.15) is 0 Å². The van der Waals surface area contributed by atoms with Crippen molar-refractivity contribution in [2.75, 3.05) is 6.61 Å². The largest absolute Gasteiger partial charge is 0.453 e. The van der Waals surface area contributed by atoms with E-state index >= 15 is 0 Å². The zero-order valence-corrected chi connectivity index (χ0v) is 9.27. The van der Waals surface area contributed by atoms with Gasteiger partial charge in [0.2, 0.25) is 0 Å². The van der Waals surface area contributed by atoms with Crippen LogP contribution in [0.4, 0.5) is 0 Å². The Bertz CT molecular complexity index is 407. The van der Waals surface area contributed by atoms with Crippen LogP contribution in [-0.4, -0.2) is 12.6 Å². The van der Waals surface area contributed by atoms with Gasteiger partial charge in [-0.3, -0.25) is 4.79 Å². The van der Waals surface area contributed by atoms with Gasteiger partial charge in [-0.25, -0.2) is 0 Å². The van der Waals surface area contributed by atoms with Crippen LogP contribution in [0.3, 0.4) is 0 Å². The molecule has 0 fully saturated rings. The van der Waals surface area contributed by atoms with Gasteiger partial charge >= 0.3 is 5.97 Å². The molecule has 2 nitrogen and oxygen atoms in total. The van der Waals surface area contributed by atoms with E-state index in [1.807, 2.05) is 42.5 Å². The van der Waals surface area contributed by atoms with Gasteiger partial charge in [0.25, 0.3) is 0 Å². The normalized spacial score (nSPS) is 9.56. The van der Waals surface area contributed by atoms with E-state index in [2.05, 4.69) is 16.6 Å². The number of hydrogen-bond acceptors (Lipinski definition) is 2. The Morgan fingerprint density at radius 2 is 2.06 bits per heavy atom. The molecule has 2 heteroatoms. The molecule has 0 heterocycles. The average Bonchev–Trinajstić information content (AvgIpc) is 2.29. The third kappa shape index (κ3) is 5.66. The number of carbonyl (C=O) groups excluding carboxylic acids is 1. The smallest absolute Gasteiger partial charge is 0.303 e. The maximum atomic E-state index is 10.4. The molecule has 0 N–H and O–H groups in total. The molecular weight excluding hydrogens is 200 g/mol. The lowest BCUT2D eigenvalue weighted by atomic mass is 10.2. The van der Waals surface area contributed by atoms with Crippen molar-refractivity contribution in [3.8, 4) is 11.8 Å². The molecule has 16 heavy (non-hydrogen) atoms. The fraction of sp³-hybridized carbons (Fsp3) is 0.214. The number of carbonyl (C=O) groups is 1. The minimum atomic E-state index is -0.297. The predicted octanol–water partition coefficient (Wildman–Crippen LogP) is 2.66. The monoisotopic (exact) mass is 214 g/mol. The molecular formula is C14H14O2. The second-order valence-electron chi connectivity index (χ2n) is 3.15. The topological polar surface area (TPSA) is 26.3 Å². The highest BCUT2D eigenvalue weighted by Crippen LogP contribution is 2.01. The van der Waals surface area contributed by atoms with Crippen LogP contribution in [0.2, 0.25) is 0 Å². The number of hydrogen-bond donors (Lipinski definition) is 0. The third-order valence-electron chi connectivity index (χ3n) is 1.80. The molecule has 0 saturated carbocycles. The van der Waals surface area contributed by atoms with Crippen LogP contribution in [0.15, 0.2) is 36.4 Å². The molecule has 1 rings (SSSR count). The highest BCUT2D eigenvalue weighted by molar-refractivity contribution is 5.66. The van der Waals surface area contributed by atoms with E-state index in [9.17, 15) is 4.79 Å². The minimum Gasteiger partial charge on any atom is -0.453 e. The Balaban J connectivity index is 2.25. The molecule has 0 unspecified atom stereocenters. The summed E-state index contributed by atoms with van der Waals surface area (Å²) in [6.07, 6.45) is 4.66. The van der Waals surface area contributed by atoms with Crippen LogP contribution < -0.4 is 0 Å². The predicted molar refractivity (Wildman–Crippen MR) is 64.5 cm³/mol. The lowest BCUT2D eigenvalue weighted by Crippen LogP contribution is -1.97. The van der Waals surface area contributed by atoms with Crippen molar-refractivity contribution in [3.05, 3.63) is 42.0 Å². The van der Waals surface area contributed by atoms with Crippen molar-refractivity contribution in [2.24, 2.45) is 0 Å². The second kappa shape index (κ2) is 7.30. The van der Waals surface area contributed by atoms with Crippen molar-refractivity contribution < 1.29 is 9.53 Å². The van der Waals surface area contributed by atoms with Crippen molar-refractivity contribution in [2.45, 2.75) is 13.3 Å². The van der Waals surface area contributed by atoms with E-state index in [4.69, 9.17) is 0 Å². The van der Waals surface area contributed by atoms with Gasteiger partial charge in [0.15, 0.2) is 6.61 Å². The summed E-state index contributed by atoms with van der Waals surface area (Å²) >= 11 is 0. The van der Waals surface area contributed by atoms with Gasteiger partial charge in [0.05, 0.1) is 0 Å². The summed E-state index contributed by atoms with van der Waals surface area (Å²) in [5.74, 6) is 5.36. The van der Waals surface area contributed by atoms with E-state index in [0.717, 1.165) is 5.56 Å². The summed E-state index contributed by atoms with van der Waals surface area (Å²) in [4.78, 5) is 10.4. The first-order chi connectivity index (χ1) is 7.79. The van der Waals surface area contributed by atoms with E-state index in [1.165, 1.54) is 6.92 Å². The molecule has 0 aliphatic heterocycles. The quantitative estimate of drug-likeness (QED) is 0.571. The fourth-order valence-corrected chi connectivity index (χ4v) is 1.08.